The summed E-state index contributed by atoms with van der Waals surface area (Å²) in [6.07, 6.45) is 5.91. The van der Waals surface area contributed by atoms with Crippen LogP contribution in [0.2, 0.25) is 0 Å². The first-order valence-electron chi connectivity index (χ1n) is 3.77. The molecule has 0 bridgehead atoms. The molecule has 0 heterocycles. The molecule has 1 aliphatic carbocycles. The molecule has 1 aliphatic rings. The van der Waals surface area contributed by atoms with Crippen LogP contribution < -0.4 is 0 Å². The maximum Gasteiger partial charge on any atom is 0.233 e. The molecule has 0 spiro atoms. The number of carbonyl (C=O) groups is 1. The molecule has 0 aromatic rings. The Hall–Kier alpha value is -0.570. The zero-order chi connectivity index (χ0) is 7.40. The highest BCUT2D eigenvalue weighted by Crippen LogP contribution is 2.20. The van der Waals surface area contributed by atoms with Gasteiger partial charge in [0.15, 0.2) is 0 Å². The molecule has 0 aromatic carbocycles. The largest absolute Gasteiger partial charge is 0.286 e. The number of hydroxylamine groups is 2. The van der Waals surface area contributed by atoms with Gasteiger partial charge in [-0.2, -0.15) is 0 Å². The average Bonchev–Trinajstić information content (AvgIpc) is 2.05. The summed E-state index contributed by atoms with van der Waals surface area (Å²) in [6, 6.07) is 0.0891. The lowest BCUT2D eigenvalue weighted by molar-refractivity contribution is -0.162. The second-order valence-corrected chi connectivity index (χ2v) is 2.78. The summed E-state index contributed by atoms with van der Waals surface area (Å²) >= 11 is 0. The molecule has 1 rings (SSSR count). The molecule has 1 N–H and O–H groups in total. The van der Waals surface area contributed by atoms with Gasteiger partial charge in [0.2, 0.25) is 6.41 Å². The van der Waals surface area contributed by atoms with E-state index in [1.165, 1.54) is 6.42 Å². The molecule has 1 amide bonds. The summed E-state index contributed by atoms with van der Waals surface area (Å²) in [5.41, 5.74) is 0. The van der Waals surface area contributed by atoms with Crippen molar-refractivity contribution >= 4 is 6.41 Å². The SMILES string of the molecule is O=CN(O)C1CCCCC1. The number of hydrogen-bond donors (Lipinski definition) is 1. The molecule has 0 aromatic heterocycles. The standard InChI is InChI=1S/C7H13NO2/c9-6-8(10)7-4-2-1-3-5-7/h6-7,10H,1-5H2. The van der Waals surface area contributed by atoms with Crippen LogP contribution in [-0.4, -0.2) is 22.7 Å². The van der Waals surface area contributed by atoms with Crippen LogP contribution in [0.5, 0.6) is 0 Å². The van der Waals surface area contributed by atoms with Crippen molar-refractivity contribution in [3.63, 3.8) is 0 Å². The molecule has 0 radical (unpaired) electrons. The summed E-state index contributed by atoms with van der Waals surface area (Å²) in [4.78, 5) is 10.1. The third kappa shape index (κ3) is 1.70. The van der Waals surface area contributed by atoms with Gasteiger partial charge >= 0.3 is 0 Å². The molecule has 0 saturated heterocycles. The van der Waals surface area contributed by atoms with Gasteiger partial charge in [-0.15, -0.1) is 0 Å². The van der Waals surface area contributed by atoms with E-state index in [2.05, 4.69) is 0 Å². The van der Waals surface area contributed by atoms with Crippen molar-refractivity contribution in [3.05, 3.63) is 0 Å². The van der Waals surface area contributed by atoms with Crippen LogP contribution in [0.3, 0.4) is 0 Å². The molecule has 1 fully saturated rings. The molecule has 0 atom stereocenters. The van der Waals surface area contributed by atoms with Crippen LogP contribution in [0, 0.1) is 0 Å². The number of carbonyl (C=O) groups excluding carboxylic acids is 1. The van der Waals surface area contributed by atoms with Gasteiger partial charge in [-0.05, 0) is 12.8 Å². The second kappa shape index (κ2) is 3.56. The van der Waals surface area contributed by atoms with Gasteiger partial charge in [0, 0.05) is 0 Å². The number of amides is 1. The Morgan fingerprint density at radius 3 is 2.40 bits per heavy atom. The van der Waals surface area contributed by atoms with Crippen molar-refractivity contribution in [1.82, 2.24) is 5.06 Å². The second-order valence-electron chi connectivity index (χ2n) is 2.78. The van der Waals surface area contributed by atoms with Crippen molar-refractivity contribution in [2.24, 2.45) is 0 Å². The van der Waals surface area contributed by atoms with E-state index in [-0.39, 0.29) is 6.04 Å². The van der Waals surface area contributed by atoms with Crippen molar-refractivity contribution in [2.45, 2.75) is 38.1 Å². The Balaban J connectivity index is 2.30. The lowest BCUT2D eigenvalue weighted by Crippen LogP contribution is -2.32. The molecule has 10 heavy (non-hydrogen) atoms. The highest BCUT2D eigenvalue weighted by molar-refractivity contribution is 5.45. The van der Waals surface area contributed by atoms with E-state index in [4.69, 9.17) is 5.21 Å². The number of nitrogens with zero attached hydrogens (tertiary/aromatic N) is 1. The topological polar surface area (TPSA) is 40.5 Å². The third-order valence-corrected chi connectivity index (χ3v) is 2.06. The molecule has 3 nitrogen and oxygen atoms in total. The molecular formula is C7H13NO2. The normalized spacial score (nSPS) is 20.5. The fourth-order valence-electron chi connectivity index (χ4n) is 1.43. The summed E-state index contributed by atoms with van der Waals surface area (Å²) < 4.78 is 0. The predicted molar refractivity (Wildman–Crippen MR) is 36.6 cm³/mol. The van der Waals surface area contributed by atoms with E-state index in [0.29, 0.717) is 6.41 Å². The Kier molecular flexibility index (Phi) is 2.68. The van der Waals surface area contributed by atoms with Gasteiger partial charge in [0.25, 0.3) is 0 Å². The Morgan fingerprint density at radius 1 is 1.30 bits per heavy atom. The zero-order valence-corrected chi connectivity index (χ0v) is 5.99. The monoisotopic (exact) mass is 143 g/mol. The van der Waals surface area contributed by atoms with E-state index in [0.717, 1.165) is 30.7 Å². The van der Waals surface area contributed by atoms with E-state index in [1.54, 1.807) is 0 Å². The summed E-state index contributed by atoms with van der Waals surface area (Å²) in [5.74, 6) is 0. The predicted octanol–water partition coefficient (Wildman–Crippen LogP) is 1.17. The van der Waals surface area contributed by atoms with E-state index in [9.17, 15) is 4.79 Å². The Labute approximate surface area is 60.6 Å². The van der Waals surface area contributed by atoms with Gasteiger partial charge in [-0.1, -0.05) is 19.3 Å². The first-order valence-corrected chi connectivity index (χ1v) is 3.77. The Bertz CT molecular complexity index is 110. The minimum absolute atomic E-state index is 0.0891. The van der Waals surface area contributed by atoms with Crippen LogP contribution in [0.15, 0.2) is 0 Å². The first kappa shape index (κ1) is 7.54. The highest BCUT2D eigenvalue weighted by Gasteiger charge is 2.17. The average molecular weight is 143 g/mol. The highest BCUT2D eigenvalue weighted by atomic mass is 16.5. The van der Waals surface area contributed by atoms with E-state index < -0.39 is 0 Å². The third-order valence-electron chi connectivity index (χ3n) is 2.06. The quantitative estimate of drug-likeness (QED) is 0.358. The smallest absolute Gasteiger partial charge is 0.233 e. The number of hydrogen-bond acceptors (Lipinski definition) is 2. The van der Waals surface area contributed by atoms with Gasteiger partial charge in [-0.3, -0.25) is 10.0 Å². The number of rotatable bonds is 2. The van der Waals surface area contributed by atoms with Gasteiger partial charge < -0.3 is 0 Å². The van der Waals surface area contributed by atoms with E-state index in [1.807, 2.05) is 0 Å². The zero-order valence-electron chi connectivity index (χ0n) is 5.99. The van der Waals surface area contributed by atoms with Gasteiger partial charge in [-0.25, -0.2) is 5.06 Å². The molecule has 3 heteroatoms. The van der Waals surface area contributed by atoms with Crippen molar-refractivity contribution in [2.75, 3.05) is 0 Å². The fourth-order valence-corrected chi connectivity index (χ4v) is 1.43. The molecule has 58 valence electrons. The Morgan fingerprint density at radius 2 is 1.90 bits per heavy atom. The lowest BCUT2D eigenvalue weighted by Gasteiger charge is -2.25. The van der Waals surface area contributed by atoms with Gasteiger partial charge in [0.1, 0.15) is 0 Å². The van der Waals surface area contributed by atoms with Crippen molar-refractivity contribution in [3.8, 4) is 0 Å². The molecule has 0 aliphatic heterocycles. The maximum absolute atomic E-state index is 10.1. The van der Waals surface area contributed by atoms with Crippen molar-refractivity contribution < 1.29 is 10.0 Å². The fraction of sp³-hybridized carbons (Fsp3) is 0.857. The molecular weight excluding hydrogens is 130 g/mol. The van der Waals surface area contributed by atoms with E-state index >= 15 is 0 Å². The summed E-state index contributed by atoms with van der Waals surface area (Å²) in [5, 5.41) is 9.75. The lowest BCUT2D eigenvalue weighted by atomic mass is 9.95. The van der Waals surface area contributed by atoms with Gasteiger partial charge in [0.05, 0.1) is 6.04 Å². The summed E-state index contributed by atoms with van der Waals surface area (Å²) in [7, 11) is 0. The van der Waals surface area contributed by atoms with Crippen LogP contribution in [0.1, 0.15) is 32.1 Å². The van der Waals surface area contributed by atoms with Crippen LogP contribution in [-0.2, 0) is 4.79 Å². The first-order chi connectivity index (χ1) is 4.84. The molecule has 1 saturated carbocycles. The van der Waals surface area contributed by atoms with Crippen molar-refractivity contribution in [1.29, 1.82) is 0 Å². The maximum atomic E-state index is 10.1. The van der Waals surface area contributed by atoms with Crippen LogP contribution >= 0.6 is 0 Å². The summed E-state index contributed by atoms with van der Waals surface area (Å²) in [6.45, 7) is 0. The minimum atomic E-state index is 0.0891. The molecule has 0 unspecified atom stereocenters. The van der Waals surface area contributed by atoms with Crippen LogP contribution in [0.4, 0.5) is 0 Å². The van der Waals surface area contributed by atoms with Crippen LogP contribution in [0.25, 0.3) is 0 Å². The minimum Gasteiger partial charge on any atom is -0.286 e.